The molecule has 1 aromatic carbocycles. The number of ether oxygens (including phenoxy) is 3. The van der Waals surface area contributed by atoms with Crippen LogP contribution in [0.25, 0.3) is 0 Å². The minimum absolute atomic E-state index is 0.0803. The van der Waals surface area contributed by atoms with E-state index in [2.05, 4.69) is 54.7 Å². The van der Waals surface area contributed by atoms with Gasteiger partial charge in [-0.3, -0.25) is 9.52 Å². The zero-order valence-electron chi connectivity index (χ0n) is 27.6. The molecule has 1 fully saturated rings. The van der Waals surface area contributed by atoms with Gasteiger partial charge in [-0.05, 0) is 93.2 Å². The predicted molar refractivity (Wildman–Crippen MR) is 183 cm³/mol. The largest absolute Gasteiger partial charge is 0.489 e. The van der Waals surface area contributed by atoms with Crippen molar-refractivity contribution in [3.05, 3.63) is 64.3 Å². The Hall–Kier alpha value is -2.46. The molecule has 10 heteroatoms. The number of halogens is 1. The molecule has 6 atom stereocenters. The van der Waals surface area contributed by atoms with Gasteiger partial charge in [0.1, 0.15) is 16.7 Å². The molecule has 0 saturated heterocycles. The summed E-state index contributed by atoms with van der Waals surface area (Å²) in [7, 11) is 1.83. The van der Waals surface area contributed by atoms with E-state index in [-0.39, 0.29) is 22.5 Å². The third kappa shape index (κ3) is 8.67. The minimum Gasteiger partial charge on any atom is -0.489 e. The van der Waals surface area contributed by atoms with Crippen LogP contribution in [0.4, 0.5) is 5.82 Å². The van der Waals surface area contributed by atoms with Crippen molar-refractivity contribution in [3.8, 4) is 5.75 Å². The highest BCUT2D eigenvalue weighted by Crippen LogP contribution is 2.46. The molecule has 4 rings (SSSR count). The van der Waals surface area contributed by atoms with Crippen molar-refractivity contribution < 1.29 is 23.2 Å². The van der Waals surface area contributed by atoms with Crippen LogP contribution in [-0.4, -0.2) is 66.5 Å². The summed E-state index contributed by atoms with van der Waals surface area (Å²) < 4.78 is 33.1. The van der Waals surface area contributed by atoms with Crippen LogP contribution in [0, 0.1) is 11.8 Å². The number of fused-ring (bicyclic) bond motifs is 1. The number of benzene rings is 1. The van der Waals surface area contributed by atoms with Crippen LogP contribution in [0.1, 0.15) is 87.3 Å². The summed E-state index contributed by atoms with van der Waals surface area (Å²) in [6.07, 6.45) is 10.1. The van der Waals surface area contributed by atoms with Gasteiger partial charge in [-0.1, -0.05) is 50.1 Å². The lowest BCUT2D eigenvalue weighted by molar-refractivity contribution is -0.0620. The van der Waals surface area contributed by atoms with Gasteiger partial charge in [0.15, 0.2) is 11.6 Å². The first-order valence-corrected chi connectivity index (χ1v) is 17.8. The molecule has 0 radical (unpaired) electrons. The van der Waals surface area contributed by atoms with Gasteiger partial charge in [0.05, 0.1) is 17.5 Å². The molecule has 0 bridgehead atoms. The van der Waals surface area contributed by atoms with Gasteiger partial charge < -0.3 is 19.1 Å². The molecule has 1 aliphatic heterocycles. The van der Waals surface area contributed by atoms with Gasteiger partial charge in [0.2, 0.25) is 0 Å². The fourth-order valence-corrected chi connectivity index (χ4v) is 7.45. The number of carbonyl (C=O) groups is 1. The first kappa shape index (κ1) is 35.4. The molecule has 45 heavy (non-hydrogen) atoms. The zero-order valence-corrected chi connectivity index (χ0v) is 29.2. The summed E-state index contributed by atoms with van der Waals surface area (Å²) >= 11 is 6.42. The van der Waals surface area contributed by atoms with Crippen LogP contribution in [-0.2, 0) is 26.9 Å². The Labute approximate surface area is 276 Å². The molecule has 2 aromatic rings. The van der Waals surface area contributed by atoms with Gasteiger partial charge in [-0.15, -0.1) is 0 Å². The number of anilines is 1. The number of aromatic nitrogens is 1. The van der Waals surface area contributed by atoms with E-state index < -0.39 is 16.9 Å². The molecular formula is C35H50ClN3O5S. The van der Waals surface area contributed by atoms with Crippen molar-refractivity contribution in [2.75, 3.05) is 45.4 Å². The second-order valence-corrected chi connectivity index (χ2v) is 14.5. The lowest BCUT2D eigenvalue weighted by Crippen LogP contribution is -2.49. The number of methoxy groups -OCH3 is 2. The Morgan fingerprint density at radius 3 is 2.73 bits per heavy atom. The van der Waals surface area contributed by atoms with E-state index in [4.69, 9.17) is 30.8 Å². The summed E-state index contributed by atoms with van der Waals surface area (Å²) in [6.45, 7) is 10.7. The molecule has 1 aliphatic carbocycles. The smallest absolute Gasteiger partial charge is 0.281 e. The molecule has 1 saturated carbocycles. The van der Waals surface area contributed by atoms with Crippen LogP contribution >= 0.6 is 11.6 Å². The van der Waals surface area contributed by atoms with Crippen molar-refractivity contribution in [1.29, 1.82) is 0 Å². The Morgan fingerprint density at radius 1 is 1.27 bits per heavy atom. The second-order valence-electron chi connectivity index (χ2n) is 12.5. The predicted octanol–water partition coefficient (Wildman–Crippen LogP) is 6.89. The third-order valence-electron chi connectivity index (χ3n) is 9.34. The summed E-state index contributed by atoms with van der Waals surface area (Å²) in [6, 6.07) is 9.63. The summed E-state index contributed by atoms with van der Waals surface area (Å²) in [5, 5.41) is 0.485. The molecule has 1 N–H and O–H groups in total. The molecular weight excluding hydrogens is 610 g/mol. The van der Waals surface area contributed by atoms with E-state index in [0.717, 1.165) is 43.7 Å². The average Bonchev–Trinajstić information content (AvgIpc) is 3.20. The standard InChI is InChI=1S/C35H50ClN3O5S/c1-7-9-18-35(4,43-6)30-14-11-26(30)21-39-22-27(29-13-12-28(36)20-25(29)10-8-2)23-44-32-16-15-31(37-33(32)39)34(40)38-45(41)24(3)17-19-42-5/h9,12-13,15-16,18,20,24,26-27,30H,7-8,10-11,14,17,19,21-23H2,1-6H3,(H,38,40)/b18-9+/t24?,26?,27?,30?,35-,45?/m0/s1. The number of allylic oxidation sites excluding steroid dienone is 1. The summed E-state index contributed by atoms with van der Waals surface area (Å²) in [5.41, 5.74) is 2.33. The highest BCUT2D eigenvalue weighted by molar-refractivity contribution is 7.84. The molecule has 248 valence electrons. The summed E-state index contributed by atoms with van der Waals surface area (Å²) in [4.78, 5) is 20.4. The molecule has 2 heterocycles. The van der Waals surface area contributed by atoms with E-state index in [1.54, 1.807) is 20.3 Å². The van der Waals surface area contributed by atoms with Crippen LogP contribution in [0.5, 0.6) is 5.75 Å². The van der Waals surface area contributed by atoms with Crippen molar-refractivity contribution in [2.45, 2.75) is 83.0 Å². The number of hydrogen-bond acceptors (Lipinski definition) is 7. The Kier molecular flexibility index (Phi) is 12.9. The Bertz CT molecular complexity index is 1360. The van der Waals surface area contributed by atoms with Crippen molar-refractivity contribution >= 4 is 34.3 Å². The fourth-order valence-electron chi connectivity index (χ4n) is 6.46. The van der Waals surface area contributed by atoms with E-state index in [9.17, 15) is 9.00 Å². The fraction of sp³-hybridized carbons (Fsp3) is 0.600. The number of amides is 1. The van der Waals surface area contributed by atoms with E-state index in [1.807, 2.05) is 19.1 Å². The number of pyridine rings is 1. The monoisotopic (exact) mass is 659 g/mol. The Balaban J connectivity index is 1.66. The van der Waals surface area contributed by atoms with Gasteiger partial charge in [-0.2, -0.15) is 0 Å². The maximum absolute atomic E-state index is 13.3. The maximum atomic E-state index is 13.3. The van der Waals surface area contributed by atoms with E-state index in [0.29, 0.717) is 49.6 Å². The lowest BCUT2D eigenvalue weighted by atomic mass is 9.64. The zero-order chi connectivity index (χ0) is 32.6. The first-order valence-electron chi connectivity index (χ1n) is 16.2. The van der Waals surface area contributed by atoms with Crippen LogP contribution < -0.4 is 14.4 Å². The van der Waals surface area contributed by atoms with Crippen molar-refractivity contribution in [2.24, 2.45) is 11.8 Å². The quantitative estimate of drug-likeness (QED) is 0.208. The second kappa shape index (κ2) is 16.4. The molecule has 1 amide bonds. The average molecular weight is 660 g/mol. The molecule has 5 unspecified atom stereocenters. The molecule has 2 aliphatic rings. The Morgan fingerprint density at radius 2 is 2.07 bits per heavy atom. The van der Waals surface area contributed by atoms with Crippen LogP contribution in [0.3, 0.4) is 0 Å². The number of hydrogen-bond donors (Lipinski definition) is 1. The molecule has 8 nitrogen and oxygen atoms in total. The van der Waals surface area contributed by atoms with E-state index >= 15 is 0 Å². The number of aryl methyl sites for hydroxylation is 1. The minimum atomic E-state index is -1.56. The normalized spacial score (nSPS) is 22.5. The number of carbonyl (C=O) groups excluding carboxylic acids is 1. The van der Waals surface area contributed by atoms with Crippen molar-refractivity contribution in [1.82, 2.24) is 9.71 Å². The molecule has 0 spiro atoms. The SMILES string of the molecule is CC/C=C/[C@](C)(OC)C1CCC1CN1CC(c2ccc(Cl)cc2CCC)COc2ccc(C(=O)NS(=O)C(C)CCOC)nc21. The topological polar surface area (TPSA) is 90.0 Å². The third-order valence-corrected chi connectivity index (χ3v) is 10.9. The van der Waals surface area contributed by atoms with Gasteiger partial charge in [-0.25, -0.2) is 9.19 Å². The van der Waals surface area contributed by atoms with Gasteiger partial charge in [0, 0.05) is 44.9 Å². The number of nitrogens with zero attached hydrogens (tertiary/aromatic N) is 2. The van der Waals surface area contributed by atoms with Gasteiger partial charge in [0.25, 0.3) is 5.91 Å². The number of rotatable bonds is 15. The maximum Gasteiger partial charge on any atom is 0.281 e. The van der Waals surface area contributed by atoms with Crippen LogP contribution in [0.15, 0.2) is 42.5 Å². The van der Waals surface area contributed by atoms with Gasteiger partial charge >= 0.3 is 0 Å². The number of nitrogens with one attached hydrogen (secondary N) is 1. The lowest BCUT2D eigenvalue weighted by Gasteiger charge is -2.48. The highest BCUT2D eigenvalue weighted by Gasteiger charge is 2.45. The first-order chi connectivity index (χ1) is 21.6. The summed E-state index contributed by atoms with van der Waals surface area (Å²) in [5.74, 6) is 1.62. The van der Waals surface area contributed by atoms with E-state index in [1.165, 1.54) is 11.1 Å². The van der Waals surface area contributed by atoms with Crippen molar-refractivity contribution in [3.63, 3.8) is 0 Å². The molecule has 1 aromatic heterocycles. The highest BCUT2D eigenvalue weighted by atomic mass is 35.5. The van der Waals surface area contributed by atoms with Crippen LogP contribution in [0.2, 0.25) is 5.02 Å².